The molecule has 0 bridgehead atoms. The average molecular weight is 584 g/mol. The molecule has 0 aromatic carbocycles. The van der Waals surface area contributed by atoms with E-state index in [-0.39, 0.29) is 36.2 Å². The molecule has 3 aliphatic carbocycles. The Kier molecular flexibility index (Phi) is 13.1. The van der Waals surface area contributed by atoms with Crippen molar-refractivity contribution in [2.24, 2.45) is 0 Å². The van der Waals surface area contributed by atoms with Crippen molar-refractivity contribution in [2.45, 2.75) is 147 Å². The van der Waals surface area contributed by atoms with E-state index in [0.29, 0.717) is 19.3 Å². The fourth-order valence-electron chi connectivity index (χ4n) is 5.49. The third-order valence-electron chi connectivity index (χ3n) is 7.60. The zero-order valence-electron chi connectivity index (χ0n) is 21.0. The van der Waals surface area contributed by atoms with Crippen LogP contribution in [0.25, 0.3) is 0 Å². The van der Waals surface area contributed by atoms with Crippen molar-refractivity contribution in [3.05, 3.63) is 0 Å². The van der Waals surface area contributed by atoms with Crippen LogP contribution in [0.3, 0.4) is 0 Å². The summed E-state index contributed by atoms with van der Waals surface area (Å²) < 4.78 is 19.6. The second kappa shape index (κ2) is 16.1. The van der Waals surface area contributed by atoms with Gasteiger partial charge in [0, 0.05) is 0 Å². The molecule has 34 heavy (non-hydrogen) atoms. The predicted octanol–water partition coefficient (Wildman–Crippen LogP) is 6.28. The second-order valence-electron chi connectivity index (χ2n) is 10.5. The first-order chi connectivity index (χ1) is 16.6. The van der Waals surface area contributed by atoms with Crippen LogP contribution in [0.4, 0.5) is 0 Å². The summed E-state index contributed by atoms with van der Waals surface area (Å²) >= 11 is -2.13. The predicted molar refractivity (Wildman–Crippen MR) is 133 cm³/mol. The number of ether oxygens (including phenoxy) is 3. The standard InChI is InChI=1S/3C9H15O2.Sn/c3*1-2-9(10)11-8-6-4-3-5-7-8;/h3*8H,1-7H2;/q;;;+1. The Morgan fingerprint density at radius 3 is 1.00 bits per heavy atom. The van der Waals surface area contributed by atoms with Gasteiger partial charge in [-0.3, -0.25) is 0 Å². The van der Waals surface area contributed by atoms with Gasteiger partial charge in [0.25, 0.3) is 0 Å². The van der Waals surface area contributed by atoms with Crippen molar-refractivity contribution >= 4 is 37.7 Å². The topological polar surface area (TPSA) is 78.9 Å². The number of carbonyl (C=O) groups is 3. The molecule has 192 valence electrons. The van der Waals surface area contributed by atoms with Crippen LogP contribution in [0.2, 0.25) is 13.3 Å². The molecule has 0 amide bonds. The number of carbonyl (C=O) groups excluding carboxylic acids is 3. The van der Waals surface area contributed by atoms with Crippen LogP contribution in [0.1, 0.15) is 116 Å². The fraction of sp³-hybridized carbons (Fsp3) is 0.889. The first-order valence-corrected chi connectivity index (χ1v) is 20.1. The van der Waals surface area contributed by atoms with E-state index in [0.717, 1.165) is 90.4 Å². The van der Waals surface area contributed by atoms with Gasteiger partial charge in [-0.2, -0.15) is 0 Å². The van der Waals surface area contributed by atoms with Gasteiger partial charge in [0.2, 0.25) is 0 Å². The molecule has 0 saturated heterocycles. The van der Waals surface area contributed by atoms with Crippen molar-refractivity contribution < 1.29 is 28.6 Å². The minimum absolute atomic E-state index is 0.0873. The SMILES string of the molecule is O=C(C[CH2][Sn+]([CH2]CC(=O)OC1CCCCC1)[CH2]CC(=O)OC1CCCCC1)OC1CCCCC1. The van der Waals surface area contributed by atoms with E-state index in [1.54, 1.807) is 0 Å². The summed E-state index contributed by atoms with van der Waals surface area (Å²) in [4.78, 5) is 37.3. The molecule has 0 aliphatic heterocycles. The van der Waals surface area contributed by atoms with Crippen LogP contribution < -0.4 is 0 Å². The van der Waals surface area contributed by atoms with E-state index in [2.05, 4.69) is 0 Å². The van der Waals surface area contributed by atoms with Crippen molar-refractivity contribution in [3.63, 3.8) is 0 Å². The van der Waals surface area contributed by atoms with Gasteiger partial charge in [0.15, 0.2) is 0 Å². The maximum absolute atomic E-state index is 12.4. The van der Waals surface area contributed by atoms with E-state index in [1.807, 2.05) is 0 Å². The van der Waals surface area contributed by atoms with Gasteiger partial charge in [0.05, 0.1) is 0 Å². The van der Waals surface area contributed by atoms with Crippen molar-refractivity contribution in [2.75, 3.05) is 0 Å². The molecule has 0 unspecified atom stereocenters. The minimum atomic E-state index is -2.13. The van der Waals surface area contributed by atoms with Gasteiger partial charge in [-0.05, 0) is 0 Å². The van der Waals surface area contributed by atoms with Gasteiger partial charge in [0.1, 0.15) is 0 Å². The molecular weight excluding hydrogens is 539 g/mol. The van der Waals surface area contributed by atoms with Gasteiger partial charge < -0.3 is 0 Å². The molecule has 0 aromatic heterocycles. The zero-order valence-corrected chi connectivity index (χ0v) is 23.9. The summed E-state index contributed by atoms with van der Waals surface area (Å²) in [6, 6.07) is 0. The molecule has 3 aliphatic rings. The van der Waals surface area contributed by atoms with Crippen molar-refractivity contribution in [3.8, 4) is 0 Å². The summed E-state index contributed by atoms with van der Waals surface area (Å²) in [6.45, 7) is 0. The third kappa shape index (κ3) is 11.3. The number of esters is 3. The molecule has 0 atom stereocenters. The molecule has 7 heteroatoms. The molecule has 3 fully saturated rings. The Bertz CT molecular complexity index is 535. The molecule has 0 aromatic rings. The van der Waals surface area contributed by atoms with Crippen molar-refractivity contribution in [1.29, 1.82) is 0 Å². The van der Waals surface area contributed by atoms with Gasteiger partial charge in [-0.15, -0.1) is 0 Å². The fourth-order valence-corrected chi connectivity index (χ4v) is 12.4. The van der Waals surface area contributed by atoms with E-state index in [9.17, 15) is 14.4 Å². The summed E-state index contributed by atoms with van der Waals surface area (Å²) in [6.07, 6.45) is 18.0. The molecule has 0 radical (unpaired) electrons. The Labute approximate surface area is 213 Å². The third-order valence-corrected chi connectivity index (χ3v) is 15.8. The van der Waals surface area contributed by atoms with Crippen LogP contribution in [0.5, 0.6) is 0 Å². The van der Waals surface area contributed by atoms with E-state index >= 15 is 0 Å². The average Bonchev–Trinajstić information content (AvgIpc) is 2.85. The number of hydrogen-bond donors (Lipinski definition) is 0. The second-order valence-corrected chi connectivity index (χ2v) is 19.1. The molecule has 6 nitrogen and oxygen atoms in total. The molecule has 3 rings (SSSR count). The van der Waals surface area contributed by atoms with Gasteiger partial charge in [-0.1, -0.05) is 0 Å². The zero-order chi connectivity index (χ0) is 24.0. The van der Waals surface area contributed by atoms with Crippen LogP contribution in [0, 0.1) is 0 Å². The Balaban J connectivity index is 1.41. The maximum atomic E-state index is 12.4. The van der Waals surface area contributed by atoms with Crippen LogP contribution in [-0.4, -0.2) is 56.0 Å². The number of hydrogen-bond acceptors (Lipinski definition) is 6. The summed E-state index contributed by atoms with van der Waals surface area (Å²) in [5.41, 5.74) is 0. The van der Waals surface area contributed by atoms with E-state index in [4.69, 9.17) is 14.2 Å². The monoisotopic (exact) mass is 585 g/mol. The van der Waals surface area contributed by atoms with Crippen LogP contribution in [-0.2, 0) is 28.6 Å². The molecule has 3 saturated carbocycles. The summed E-state index contributed by atoms with van der Waals surface area (Å²) in [5, 5.41) is 0. The summed E-state index contributed by atoms with van der Waals surface area (Å²) in [5.74, 6) is -0.293. The van der Waals surface area contributed by atoms with Gasteiger partial charge in [-0.25, -0.2) is 0 Å². The molecule has 0 spiro atoms. The Morgan fingerprint density at radius 1 is 0.471 bits per heavy atom. The quantitative estimate of drug-likeness (QED) is 0.153. The molecular formula is C27H45O6Sn+. The first kappa shape index (κ1) is 27.8. The summed E-state index contributed by atoms with van der Waals surface area (Å²) in [7, 11) is 0. The molecule has 0 heterocycles. The van der Waals surface area contributed by atoms with E-state index in [1.165, 1.54) is 19.3 Å². The van der Waals surface area contributed by atoms with Gasteiger partial charge >= 0.3 is 213 Å². The Morgan fingerprint density at radius 2 is 0.735 bits per heavy atom. The van der Waals surface area contributed by atoms with Crippen LogP contribution in [0.15, 0.2) is 0 Å². The molecule has 0 N–H and O–H groups in total. The first-order valence-electron chi connectivity index (χ1n) is 14.0. The van der Waals surface area contributed by atoms with E-state index < -0.39 is 19.8 Å². The van der Waals surface area contributed by atoms with Crippen molar-refractivity contribution in [1.82, 2.24) is 0 Å². The number of rotatable bonds is 12. The van der Waals surface area contributed by atoms with Crippen LogP contribution >= 0.6 is 0 Å². The normalized spacial score (nSPS) is 20.5. The Hall–Kier alpha value is -0.791.